The number of benzene rings is 2. The number of carbonyl (C=O) groups is 2. The lowest BCUT2D eigenvalue weighted by molar-refractivity contribution is -0.122. The predicted molar refractivity (Wildman–Crippen MR) is 105 cm³/mol. The summed E-state index contributed by atoms with van der Waals surface area (Å²) in [4.78, 5) is 26.9. The maximum atomic E-state index is 13.8. The van der Waals surface area contributed by atoms with E-state index in [0.29, 0.717) is 17.2 Å². The number of amides is 1. The van der Waals surface area contributed by atoms with Gasteiger partial charge in [0.1, 0.15) is 17.8 Å². The summed E-state index contributed by atoms with van der Waals surface area (Å²) in [5.74, 6) is 0.519. The van der Waals surface area contributed by atoms with E-state index in [9.17, 15) is 14.7 Å². The average molecular weight is 420 g/mol. The molecule has 31 heavy (non-hydrogen) atoms. The lowest BCUT2D eigenvalue weighted by Crippen LogP contribution is -2.43. The molecule has 0 saturated carbocycles. The second-order valence-corrected chi connectivity index (χ2v) is 7.52. The van der Waals surface area contributed by atoms with E-state index in [2.05, 4.69) is 10.3 Å². The second kappa shape index (κ2) is 6.21. The number of nitrogens with zero attached hydrogens (tertiary/aromatic N) is 4. The summed E-state index contributed by atoms with van der Waals surface area (Å²) in [5.41, 5.74) is 1.32. The van der Waals surface area contributed by atoms with Gasteiger partial charge in [0.15, 0.2) is 17.2 Å². The van der Waals surface area contributed by atoms with Crippen LogP contribution in [-0.4, -0.2) is 51.9 Å². The molecule has 3 aliphatic heterocycles. The van der Waals surface area contributed by atoms with Gasteiger partial charge in [-0.05, 0) is 17.7 Å². The van der Waals surface area contributed by atoms with Gasteiger partial charge >= 0.3 is 5.97 Å². The molecule has 1 N–H and O–H groups in total. The van der Waals surface area contributed by atoms with Crippen molar-refractivity contribution in [1.29, 1.82) is 0 Å². The fraction of sp³-hybridized carbons (Fsp3) is 0.238. The molecular weight excluding hydrogens is 404 g/mol. The Morgan fingerprint density at radius 1 is 1.06 bits per heavy atom. The molecular formula is C21H16N4O6. The van der Waals surface area contributed by atoms with Gasteiger partial charge in [0, 0.05) is 23.9 Å². The van der Waals surface area contributed by atoms with E-state index >= 15 is 0 Å². The molecule has 0 bridgehead atoms. The van der Waals surface area contributed by atoms with Crippen molar-refractivity contribution in [3.8, 4) is 17.2 Å². The number of carbonyl (C=O) groups excluding carboxylic acids is 1. The van der Waals surface area contributed by atoms with Crippen molar-refractivity contribution in [1.82, 2.24) is 15.0 Å². The number of anilines is 1. The predicted octanol–water partition coefficient (Wildman–Crippen LogP) is 1.43. The Hall–Kier alpha value is -4.08. The van der Waals surface area contributed by atoms with Crippen LogP contribution in [0, 0.1) is 0 Å². The van der Waals surface area contributed by atoms with E-state index in [0.717, 1.165) is 16.8 Å². The van der Waals surface area contributed by atoms with Crippen molar-refractivity contribution < 1.29 is 28.9 Å². The highest BCUT2D eigenvalue weighted by molar-refractivity contribution is 6.11. The molecule has 156 valence electrons. The summed E-state index contributed by atoms with van der Waals surface area (Å²) in [6.45, 7) is 0.723. The molecule has 6 rings (SSSR count). The molecule has 1 amide bonds. The van der Waals surface area contributed by atoms with Crippen LogP contribution < -0.4 is 19.1 Å². The monoisotopic (exact) mass is 420 g/mol. The number of rotatable bonds is 4. The maximum Gasteiger partial charge on any atom is 0.355 e. The summed E-state index contributed by atoms with van der Waals surface area (Å²) in [5, 5.41) is 16.8. The number of carboxylic acids is 1. The van der Waals surface area contributed by atoms with Crippen LogP contribution >= 0.6 is 0 Å². The number of hydrogen-bond acceptors (Lipinski definition) is 7. The van der Waals surface area contributed by atoms with Crippen molar-refractivity contribution in [2.75, 3.05) is 24.8 Å². The molecule has 3 aromatic rings. The first kappa shape index (κ1) is 17.8. The Morgan fingerprint density at radius 2 is 1.87 bits per heavy atom. The van der Waals surface area contributed by atoms with E-state index in [-0.39, 0.29) is 38.1 Å². The van der Waals surface area contributed by atoms with Gasteiger partial charge in [-0.15, -0.1) is 5.10 Å². The van der Waals surface area contributed by atoms with Crippen LogP contribution in [0.1, 0.15) is 21.6 Å². The number of ether oxygens (including phenoxy) is 3. The third kappa shape index (κ3) is 2.32. The summed E-state index contributed by atoms with van der Waals surface area (Å²) in [6.07, 6.45) is 1.19. The van der Waals surface area contributed by atoms with Crippen molar-refractivity contribution in [3.63, 3.8) is 0 Å². The van der Waals surface area contributed by atoms with Gasteiger partial charge in [0.05, 0.1) is 12.7 Å². The zero-order valence-corrected chi connectivity index (χ0v) is 16.1. The van der Waals surface area contributed by atoms with Gasteiger partial charge in [-0.2, -0.15) is 0 Å². The minimum Gasteiger partial charge on any atom is -0.491 e. The number of aromatic carboxylic acids is 1. The fourth-order valence-electron chi connectivity index (χ4n) is 4.57. The summed E-state index contributed by atoms with van der Waals surface area (Å²) in [7, 11) is 0. The number of fused-ring (bicyclic) bond motifs is 5. The molecule has 0 saturated heterocycles. The van der Waals surface area contributed by atoms with E-state index in [1.165, 1.54) is 10.9 Å². The third-order valence-corrected chi connectivity index (χ3v) is 6.02. The summed E-state index contributed by atoms with van der Waals surface area (Å²) < 4.78 is 18.2. The van der Waals surface area contributed by atoms with Crippen LogP contribution in [0.3, 0.4) is 0 Å². The van der Waals surface area contributed by atoms with E-state index in [4.69, 9.17) is 14.2 Å². The van der Waals surface area contributed by atoms with E-state index in [1.807, 2.05) is 30.3 Å². The Labute approximate surface area is 175 Å². The number of carboxylic acid groups (broad SMARTS) is 1. The van der Waals surface area contributed by atoms with Crippen LogP contribution in [0.5, 0.6) is 17.2 Å². The van der Waals surface area contributed by atoms with Crippen molar-refractivity contribution in [3.05, 3.63) is 59.4 Å². The van der Waals surface area contributed by atoms with Crippen LogP contribution in [0.2, 0.25) is 0 Å². The molecule has 0 radical (unpaired) electrons. The number of hydrogen-bond donors (Lipinski definition) is 1. The quantitative estimate of drug-likeness (QED) is 0.674. The van der Waals surface area contributed by atoms with E-state index in [1.54, 1.807) is 11.0 Å². The summed E-state index contributed by atoms with van der Waals surface area (Å²) >= 11 is 0. The Kier molecular flexibility index (Phi) is 3.55. The third-order valence-electron chi connectivity index (χ3n) is 6.02. The highest BCUT2D eigenvalue weighted by Crippen LogP contribution is 2.54. The minimum atomic E-state index is -1.12. The van der Waals surface area contributed by atoms with E-state index < -0.39 is 11.4 Å². The van der Waals surface area contributed by atoms with Gasteiger partial charge in [-0.25, -0.2) is 9.48 Å². The average Bonchev–Trinajstić information content (AvgIpc) is 3.53. The molecule has 0 fully saturated rings. The van der Waals surface area contributed by atoms with Gasteiger partial charge in [0.25, 0.3) is 0 Å². The zero-order chi connectivity index (χ0) is 21.2. The van der Waals surface area contributed by atoms with Crippen LogP contribution in [-0.2, 0) is 16.8 Å². The van der Waals surface area contributed by atoms with Crippen LogP contribution in [0.4, 0.5) is 5.69 Å². The van der Waals surface area contributed by atoms with Crippen molar-refractivity contribution in [2.24, 2.45) is 0 Å². The molecule has 1 atom stereocenters. The maximum absolute atomic E-state index is 13.8. The molecule has 1 spiro atoms. The highest BCUT2D eigenvalue weighted by Gasteiger charge is 2.57. The largest absolute Gasteiger partial charge is 0.491 e. The summed E-state index contributed by atoms with van der Waals surface area (Å²) in [6, 6.07) is 11.2. The normalized spacial score (nSPS) is 20.1. The second-order valence-electron chi connectivity index (χ2n) is 7.52. The smallest absolute Gasteiger partial charge is 0.355 e. The van der Waals surface area contributed by atoms with Gasteiger partial charge in [-0.3, -0.25) is 4.79 Å². The Balaban J connectivity index is 1.41. The van der Waals surface area contributed by atoms with Gasteiger partial charge in [-0.1, -0.05) is 23.4 Å². The van der Waals surface area contributed by atoms with Crippen LogP contribution in [0.15, 0.2) is 42.6 Å². The molecule has 2 aromatic carbocycles. The number of aromatic nitrogens is 3. The van der Waals surface area contributed by atoms with Crippen molar-refractivity contribution in [2.45, 2.75) is 12.0 Å². The first-order valence-electron chi connectivity index (χ1n) is 9.70. The molecule has 10 heteroatoms. The lowest BCUT2D eigenvalue weighted by atomic mass is 9.77. The first-order valence-corrected chi connectivity index (χ1v) is 9.70. The van der Waals surface area contributed by atoms with Crippen LogP contribution in [0.25, 0.3) is 0 Å². The minimum absolute atomic E-state index is 0.0306. The Morgan fingerprint density at radius 3 is 2.71 bits per heavy atom. The highest BCUT2D eigenvalue weighted by atomic mass is 16.7. The topological polar surface area (TPSA) is 116 Å². The van der Waals surface area contributed by atoms with Crippen molar-refractivity contribution >= 4 is 17.6 Å². The Bertz CT molecular complexity index is 1250. The fourth-order valence-corrected chi connectivity index (χ4v) is 4.57. The molecule has 4 heterocycles. The zero-order valence-electron chi connectivity index (χ0n) is 16.1. The SMILES string of the molecule is O=C(O)c1cnnn1CCN1C(=O)C2(COc3cc4c(cc32)OCO4)c2ccccc21. The molecule has 0 aliphatic carbocycles. The standard InChI is InChI=1S/C21H16N4O6/c26-19(27)15-9-22-23-25(15)6-5-24-14-4-2-1-3-12(14)21(20(24)28)10-29-16-8-18-17(7-13(16)21)30-11-31-18/h1-4,7-9H,5-6,10-11H2,(H,26,27). The number of para-hydroxylation sites is 1. The molecule has 3 aliphatic rings. The van der Waals surface area contributed by atoms with Gasteiger partial charge in [0.2, 0.25) is 12.7 Å². The lowest BCUT2D eigenvalue weighted by Gasteiger charge is -2.23. The molecule has 10 nitrogen and oxygen atoms in total. The van der Waals surface area contributed by atoms with Gasteiger partial charge < -0.3 is 24.2 Å². The first-order chi connectivity index (χ1) is 15.1. The molecule has 1 unspecified atom stereocenters. The molecule has 1 aromatic heterocycles.